The molecule has 1 aliphatic carbocycles. The quantitative estimate of drug-likeness (QED) is 0.0575. The lowest BCUT2D eigenvalue weighted by Gasteiger charge is -2.44. The number of nitrogens with zero attached hydrogens (tertiary/aromatic N) is 1. The van der Waals surface area contributed by atoms with Crippen molar-refractivity contribution in [3.05, 3.63) is 116 Å². The zero-order valence-corrected chi connectivity index (χ0v) is 29.1. The number of quaternary nitrogens is 1. The zero-order valence-electron chi connectivity index (χ0n) is 29.1. The Labute approximate surface area is 309 Å². The Balaban J connectivity index is 0.000000512. The molecule has 0 bridgehead atoms. The molecule has 0 saturated heterocycles. The Morgan fingerprint density at radius 1 is 0.333 bits per heavy atom. The highest BCUT2D eigenvalue weighted by molar-refractivity contribution is 7.20. The fraction of sp³-hybridized carbons (Fsp3) is 0.314. The van der Waals surface area contributed by atoms with Gasteiger partial charge in [-0.15, -0.1) is 21.9 Å². The van der Waals surface area contributed by atoms with Gasteiger partial charge in [0, 0.05) is 0 Å². The molecule has 0 atom stereocenters. The molecule has 0 N–H and O–H groups in total. The van der Waals surface area contributed by atoms with Crippen molar-refractivity contribution in [2.24, 2.45) is 0 Å². The van der Waals surface area contributed by atoms with Crippen LogP contribution in [0, 0.1) is 116 Å². The Kier molecular flexibility index (Phi) is 13.0. The minimum Gasteiger partial charge on any atom is -0.324 e. The Morgan fingerprint density at radius 2 is 0.509 bits per heavy atom. The molecule has 1 aliphatic rings. The predicted molar refractivity (Wildman–Crippen MR) is 163 cm³/mol. The van der Waals surface area contributed by atoms with Gasteiger partial charge in [-0.25, -0.2) is 87.8 Å². The van der Waals surface area contributed by atoms with Crippen molar-refractivity contribution in [3.8, 4) is 0 Å². The third kappa shape index (κ3) is 6.87. The number of hydrogen-bond acceptors (Lipinski definition) is 0. The summed E-state index contributed by atoms with van der Waals surface area (Å²) < 4.78 is 295. The summed E-state index contributed by atoms with van der Waals surface area (Å²) >= 11 is 0. The van der Waals surface area contributed by atoms with Gasteiger partial charge in [-0.2, -0.15) is 0 Å². The second-order valence-corrected chi connectivity index (χ2v) is 13.2. The number of rotatable bonds is 7. The van der Waals surface area contributed by atoms with Crippen LogP contribution in [-0.2, 0) is 0 Å². The summed E-state index contributed by atoms with van der Waals surface area (Å²) in [7, 11) is 2.43. The van der Waals surface area contributed by atoms with Crippen molar-refractivity contribution >= 4 is 28.0 Å². The van der Waals surface area contributed by atoms with E-state index in [1.807, 2.05) is 0 Å². The molecule has 4 aromatic carbocycles. The smallest absolute Gasteiger partial charge is 0.200 e. The zero-order chi connectivity index (χ0) is 43.4. The molecule has 0 aromatic heterocycles. The largest absolute Gasteiger partial charge is 0.324 e. The summed E-state index contributed by atoms with van der Waals surface area (Å²) in [6.45, 7) is 7.28. The molecular weight excluding hydrogens is 825 g/mol. The SMILES string of the molecule is CC[N+](C)(CC)C1CCCCC1.Fc1c(F)c(F)c([B-](c2c(F)c(F)c(F)c(F)c2F)(c2c(F)c(F)c(F)c(F)c2F)c2c(F)c(F)c(F)c(F)c2F)c(F)c1F. The number of hydrogen-bond donors (Lipinski definition) is 0. The van der Waals surface area contributed by atoms with Crippen molar-refractivity contribution in [2.45, 2.75) is 52.0 Å². The minimum absolute atomic E-state index is 0.966. The molecule has 57 heavy (non-hydrogen) atoms. The van der Waals surface area contributed by atoms with Crippen molar-refractivity contribution in [1.29, 1.82) is 0 Å². The van der Waals surface area contributed by atoms with Gasteiger partial charge in [0.25, 0.3) is 0 Å². The van der Waals surface area contributed by atoms with E-state index in [1.54, 1.807) is 0 Å². The van der Waals surface area contributed by atoms with E-state index in [4.69, 9.17) is 0 Å². The highest BCUT2D eigenvalue weighted by Gasteiger charge is 2.52. The van der Waals surface area contributed by atoms with Crippen LogP contribution < -0.4 is 21.9 Å². The molecule has 0 amide bonds. The molecule has 4 aromatic rings. The first-order chi connectivity index (χ1) is 26.4. The van der Waals surface area contributed by atoms with E-state index in [2.05, 4.69) is 20.9 Å². The number of halogens is 20. The molecule has 1 saturated carbocycles. The summed E-state index contributed by atoms with van der Waals surface area (Å²) in [5.41, 5.74) is -14.3. The minimum atomic E-state index is -7.22. The van der Waals surface area contributed by atoms with Crippen LogP contribution in [0.4, 0.5) is 87.8 Å². The second-order valence-electron chi connectivity index (χ2n) is 13.2. The van der Waals surface area contributed by atoms with E-state index in [1.165, 1.54) is 49.7 Å². The van der Waals surface area contributed by atoms with Gasteiger partial charge in [-0.3, -0.25) is 0 Å². The van der Waals surface area contributed by atoms with E-state index in [-0.39, 0.29) is 0 Å². The van der Waals surface area contributed by atoms with Gasteiger partial charge in [-0.05, 0) is 39.5 Å². The molecule has 0 unspecified atom stereocenters. The summed E-state index contributed by atoms with van der Waals surface area (Å²) in [5.74, 6) is -71.4. The van der Waals surface area contributed by atoms with Crippen molar-refractivity contribution < 1.29 is 92.3 Å². The van der Waals surface area contributed by atoms with Gasteiger partial charge in [0.15, 0.2) is 69.8 Å². The van der Waals surface area contributed by atoms with E-state index in [0.29, 0.717) is 0 Å². The van der Waals surface area contributed by atoms with E-state index in [9.17, 15) is 52.7 Å². The Hall–Kier alpha value is -4.50. The molecule has 0 radical (unpaired) electrons. The maximum absolute atomic E-state index is 15.4. The fourth-order valence-electron chi connectivity index (χ4n) is 7.32. The highest BCUT2D eigenvalue weighted by atomic mass is 19.2. The maximum Gasteiger partial charge on any atom is 0.200 e. The normalized spacial score (nSPS) is 13.9. The van der Waals surface area contributed by atoms with Gasteiger partial charge in [-0.1, -0.05) is 6.42 Å². The second kappa shape index (κ2) is 16.4. The van der Waals surface area contributed by atoms with E-state index >= 15 is 35.1 Å². The highest BCUT2D eigenvalue weighted by Crippen LogP contribution is 2.31. The molecule has 0 aliphatic heterocycles. The van der Waals surface area contributed by atoms with Crippen LogP contribution in [0.25, 0.3) is 0 Å². The molecular formula is C35H24BF20N. The Bertz CT molecular complexity index is 1850. The molecule has 1 fully saturated rings. The number of benzene rings is 4. The topological polar surface area (TPSA) is 0 Å². The van der Waals surface area contributed by atoms with Crippen LogP contribution in [-0.4, -0.2) is 36.8 Å². The molecule has 0 heterocycles. The monoisotopic (exact) mass is 849 g/mol. The van der Waals surface area contributed by atoms with E-state index in [0.717, 1.165) is 6.04 Å². The molecule has 22 heteroatoms. The summed E-state index contributed by atoms with van der Waals surface area (Å²) in [5, 5.41) is 0. The van der Waals surface area contributed by atoms with Crippen molar-refractivity contribution in [1.82, 2.24) is 0 Å². The Morgan fingerprint density at radius 3 is 0.684 bits per heavy atom. The van der Waals surface area contributed by atoms with Crippen LogP contribution in [0.1, 0.15) is 46.0 Å². The van der Waals surface area contributed by atoms with Crippen molar-refractivity contribution in [3.63, 3.8) is 0 Å². The standard InChI is InChI=1S/C24BF20.C11H24N/c26-5-1(6(27)14(35)21(42)13(5)34)25(2-7(28)15(36)22(43)16(37)8(2)29,3-9(30)17(38)23(44)18(39)10(3)31)4-11(32)19(40)24(45)20(41)12(4)33;1-4-12(3,5-2)11-9-7-6-8-10-11/h;11H,4-10H2,1-3H3/q-1;+1. The molecule has 5 rings (SSSR count). The van der Waals surface area contributed by atoms with Crippen molar-refractivity contribution in [2.75, 3.05) is 20.1 Å². The average Bonchev–Trinajstić information content (AvgIpc) is 3.20. The van der Waals surface area contributed by atoms with Gasteiger partial charge < -0.3 is 4.48 Å². The lowest BCUT2D eigenvalue weighted by molar-refractivity contribution is -0.931. The molecule has 0 spiro atoms. The van der Waals surface area contributed by atoms with Gasteiger partial charge in [0.2, 0.25) is 0 Å². The summed E-state index contributed by atoms with van der Waals surface area (Å²) in [4.78, 5) is 0. The van der Waals surface area contributed by atoms with Gasteiger partial charge in [0.05, 0.1) is 26.2 Å². The third-order valence-electron chi connectivity index (χ3n) is 10.6. The first-order valence-corrected chi connectivity index (χ1v) is 16.5. The van der Waals surface area contributed by atoms with Crippen LogP contribution in [0.15, 0.2) is 0 Å². The molecule has 1 nitrogen and oxygen atoms in total. The summed E-state index contributed by atoms with van der Waals surface area (Å²) in [6, 6.07) is 0.966. The molecule has 312 valence electrons. The summed E-state index contributed by atoms with van der Waals surface area (Å²) in [6.07, 6.45) is 0.141. The lowest BCUT2D eigenvalue weighted by atomic mass is 9.12. The average molecular weight is 849 g/mol. The fourth-order valence-corrected chi connectivity index (χ4v) is 7.32. The van der Waals surface area contributed by atoms with Gasteiger partial charge >= 0.3 is 0 Å². The van der Waals surface area contributed by atoms with Gasteiger partial charge in [0.1, 0.15) is 52.7 Å². The van der Waals surface area contributed by atoms with Crippen LogP contribution in [0.5, 0.6) is 0 Å². The third-order valence-corrected chi connectivity index (χ3v) is 10.6. The first-order valence-electron chi connectivity index (χ1n) is 16.5. The van der Waals surface area contributed by atoms with Crippen LogP contribution in [0.3, 0.4) is 0 Å². The maximum atomic E-state index is 15.4. The first kappa shape index (κ1) is 45.2. The van der Waals surface area contributed by atoms with E-state index < -0.39 is 144 Å². The predicted octanol–water partition coefficient (Wildman–Crippen LogP) is 8.65. The van der Waals surface area contributed by atoms with Crippen LogP contribution in [0.2, 0.25) is 0 Å². The lowest BCUT2D eigenvalue weighted by Crippen LogP contribution is -2.81. The van der Waals surface area contributed by atoms with Crippen LogP contribution >= 0.6 is 0 Å².